The van der Waals surface area contributed by atoms with Gasteiger partial charge in [-0.15, -0.1) is 0 Å². The third-order valence-electron chi connectivity index (χ3n) is 5.29. The second-order valence-electron chi connectivity index (χ2n) is 6.60. The molecule has 3 atom stereocenters. The molecule has 2 aliphatic rings. The number of hydrogen-bond acceptors (Lipinski definition) is 3. The molecule has 1 saturated carbocycles. The summed E-state index contributed by atoms with van der Waals surface area (Å²) >= 11 is 0. The Morgan fingerprint density at radius 1 is 1.18 bits per heavy atom. The van der Waals surface area contributed by atoms with Crippen LogP contribution < -0.4 is 0 Å². The Morgan fingerprint density at radius 3 is 2.45 bits per heavy atom. The van der Waals surface area contributed by atoms with Gasteiger partial charge >= 0.3 is 5.97 Å². The van der Waals surface area contributed by atoms with E-state index in [0.29, 0.717) is 13.1 Å². The van der Waals surface area contributed by atoms with Gasteiger partial charge in [-0.25, -0.2) is 0 Å². The van der Waals surface area contributed by atoms with Gasteiger partial charge in [-0.1, -0.05) is 43.2 Å². The largest absolute Gasteiger partial charge is 0.480 e. The second-order valence-corrected chi connectivity index (χ2v) is 6.60. The predicted octanol–water partition coefficient (Wildman–Crippen LogP) is 2.54. The van der Waals surface area contributed by atoms with Crippen LogP contribution in [-0.2, 0) is 9.59 Å². The normalized spacial score (nSPS) is 27.8. The highest BCUT2D eigenvalue weighted by Crippen LogP contribution is 2.37. The van der Waals surface area contributed by atoms with Gasteiger partial charge in [0.15, 0.2) is 0 Å². The Kier molecular flexibility index (Phi) is 4.57. The van der Waals surface area contributed by atoms with Crippen molar-refractivity contribution < 1.29 is 14.7 Å². The van der Waals surface area contributed by atoms with Gasteiger partial charge in [0, 0.05) is 24.9 Å². The summed E-state index contributed by atoms with van der Waals surface area (Å²) in [5.41, 5.74) is 1.14. The molecular formula is C18H23NO3. The number of likely N-dealkylation sites (tertiary alicyclic amines) is 1. The molecule has 1 aromatic rings. The van der Waals surface area contributed by atoms with E-state index in [2.05, 4.69) is 0 Å². The third-order valence-corrected chi connectivity index (χ3v) is 5.29. The van der Waals surface area contributed by atoms with Crippen molar-refractivity contribution in [3.8, 4) is 0 Å². The summed E-state index contributed by atoms with van der Waals surface area (Å²) in [6, 6.07) is 9.56. The molecule has 3 rings (SSSR count). The van der Waals surface area contributed by atoms with Crippen LogP contribution in [0.2, 0.25) is 0 Å². The highest BCUT2D eigenvalue weighted by Gasteiger charge is 2.42. The standard InChI is InChI=1S/C18H23NO3/c20-12-15-10-19(11-16(15)13-6-2-1-3-7-13)17(18(21)22)14-8-4-5-9-14/h1-3,6-7,12,14-17H,4-5,8-11H2,(H,21,22)/t15-,16-,17-/m1/s1. The molecule has 0 aromatic heterocycles. The smallest absolute Gasteiger partial charge is 0.321 e. The molecule has 1 aliphatic carbocycles. The fraction of sp³-hybridized carbons (Fsp3) is 0.556. The number of rotatable bonds is 5. The molecule has 2 fully saturated rings. The molecule has 1 heterocycles. The first-order chi connectivity index (χ1) is 10.7. The van der Waals surface area contributed by atoms with Gasteiger partial charge in [-0.3, -0.25) is 9.69 Å². The number of hydrogen-bond donors (Lipinski definition) is 1. The zero-order valence-electron chi connectivity index (χ0n) is 12.7. The molecule has 0 unspecified atom stereocenters. The van der Waals surface area contributed by atoms with E-state index in [-0.39, 0.29) is 17.8 Å². The number of aliphatic carboxylic acids is 1. The SMILES string of the molecule is O=C[C@H]1CN([C@@H](C(=O)O)C2CCCC2)C[C@@H]1c1ccccc1. The van der Waals surface area contributed by atoms with Crippen LogP contribution in [0.4, 0.5) is 0 Å². The van der Waals surface area contributed by atoms with Crippen molar-refractivity contribution in [3.63, 3.8) is 0 Å². The molecule has 22 heavy (non-hydrogen) atoms. The van der Waals surface area contributed by atoms with Crippen LogP contribution in [-0.4, -0.2) is 41.4 Å². The van der Waals surface area contributed by atoms with E-state index in [4.69, 9.17) is 0 Å². The van der Waals surface area contributed by atoms with Gasteiger partial charge in [0.2, 0.25) is 0 Å². The quantitative estimate of drug-likeness (QED) is 0.849. The van der Waals surface area contributed by atoms with Crippen LogP contribution in [0.15, 0.2) is 30.3 Å². The van der Waals surface area contributed by atoms with Gasteiger partial charge in [0.1, 0.15) is 12.3 Å². The van der Waals surface area contributed by atoms with Gasteiger partial charge in [0.05, 0.1) is 0 Å². The number of aldehydes is 1. The van der Waals surface area contributed by atoms with E-state index < -0.39 is 12.0 Å². The highest BCUT2D eigenvalue weighted by atomic mass is 16.4. The first kappa shape index (κ1) is 15.2. The van der Waals surface area contributed by atoms with Crippen molar-refractivity contribution in [2.45, 2.75) is 37.6 Å². The summed E-state index contributed by atoms with van der Waals surface area (Å²) < 4.78 is 0. The Morgan fingerprint density at radius 2 is 1.86 bits per heavy atom. The molecule has 0 radical (unpaired) electrons. The number of carbonyl (C=O) groups excluding carboxylic acids is 1. The van der Waals surface area contributed by atoms with Crippen molar-refractivity contribution in [2.24, 2.45) is 11.8 Å². The van der Waals surface area contributed by atoms with E-state index >= 15 is 0 Å². The maximum atomic E-state index is 11.8. The van der Waals surface area contributed by atoms with Crippen LogP contribution in [0.3, 0.4) is 0 Å². The lowest BCUT2D eigenvalue weighted by atomic mass is 9.90. The molecule has 118 valence electrons. The highest BCUT2D eigenvalue weighted by molar-refractivity contribution is 5.74. The minimum absolute atomic E-state index is 0.106. The summed E-state index contributed by atoms with van der Waals surface area (Å²) in [4.78, 5) is 25.3. The average Bonchev–Trinajstić information content (AvgIpc) is 3.18. The van der Waals surface area contributed by atoms with Gasteiger partial charge in [-0.05, 0) is 24.3 Å². The average molecular weight is 301 g/mol. The zero-order valence-corrected chi connectivity index (χ0v) is 12.7. The molecule has 4 nitrogen and oxygen atoms in total. The molecule has 4 heteroatoms. The van der Waals surface area contributed by atoms with E-state index in [0.717, 1.165) is 37.5 Å². The molecule has 1 aromatic carbocycles. The monoisotopic (exact) mass is 301 g/mol. The van der Waals surface area contributed by atoms with Gasteiger partial charge in [0.25, 0.3) is 0 Å². The first-order valence-corrected chi connectivity index (χ1v) is 8.18. The van der Waals surface area contributed by atoms with Crippen LogP contribution in [0.5, 0.6) is 0 Å². The van der Waals surface area contributed by atoms with Crippen LogP contribution >= 0.6 is 0 Å². The lowest BCUT2D eigenvalue weighted by Gasteiger charge is -2.29. The van der Waals surface area contributed by atoms with E-state index in [1.54, 1.807) is 0 Å². The maximum Gasteiger partial charge on any atom is 0.321 e. The molecule has 1 aliphatic heterocycles. The minimum atomic E-state index is -0.731. The van der Waals surface area contributed by atoms with E-state index in [1.807, 2.05) is 35.2 Å². The summed E-state index contributed by atoms with van der Waals surface area (Å²) in [5.74, 6) is -0.489. The Labute approximate surface area is 131 Å². The number of carboxylic acids is 1. The van der Waals surface area contributed by atoms with Crippen LogP contribution in [0, 0.1) is 11.8 Å². The Bertz CT molecular complexity index is 524. The molecule has 0 bridgehead atoms. The molecule has 0 amide bonds. The van der Waals surface area contributed by atoms with Gasteiger partial charge in [-0.2, -0.15) is 0 Å². The third kappa shape index (κ3) is 2.93. The van der Waals surface area contributed by atoms with Crippen molar-refractivity contribution in [1.29, 1.82) is 0 Å². The van der Waals surface area contributed by atoms with E-state index in [9.17, 15) is 14.7 Å². The van der Waals surface area contributed by atoms with E-state index in [1.165, 1.54) is 0 Å². The predicted molar refractivity (Wildman–Crippen MR) is 83.7 cm³/mol. The van der Waals surface area contributed by atoms with Crippen molar-refractivity contribution in [1.82, 2.24) is 4.90 Å². The second kappa shape index (κ2) is 6.61. The van der Waals surface area contributed by atoms with Gasteiger partial charge < -0.3 is 9.90 Å². The first-order valence-electron chi connectivity index (χ1n) is 8.18. The minimum Gasteiger partial charge on any atom is -0.480 e. The van der Waals surface area contributed by atoms with Crippen molar-refractivity contribution in [3.05, 3.63) is 35.9 Å². The number of benzene rings is 1. The van der Waals surface area contributed by atoms with Crippen molar-refractivity contribution >= 4 is 12.3 Å². The molecular weight excluding hydrogens is 278 g/mol. The lowest BCUT2D eigenvalue weighted by Crippen LogP contribution is -2.44. The lowest BCUT2D eigenvalue weighted by molar-refractivity contribution is -0.145. The van der Waals surface area contributed by atoms with Crippen LogP contribution in [0.25, 0.3) is 0 Å². The summed E-state index contributed by atoms with van der Waals surface area (Å²) in [6.45, 7) is 1.23. The number of carbonyl (C=O) groups is 2. The Balaban J connectivity index is 1.80. The fourth-order valence-electron chi connectivity index (χ4n) is 4.21. The summed E-state index contributed by atoms with van der Waals surface area (Å²) in [5, 5.41) is 9.68. The fourth-order valence-corrected chi connectivity index (χ4v) is 4.21. The summed E-state index contributed by atoms with van der Waals surface area (Å²) in [7, 11) is 0. The maximum absolute atomic E-state index is 11.8. The zero-order chi connectivity index (χ0) is 15.5. The Hall–Kier alpha value is -1.68. The van der Waals surface area contributed by atoms with Crippen LogP contribution in [0.1, 0.15) is 37.2 Å². The topological polar surface area (TPSA) is 57.6 Å². The molecule has 1 N–H and O–H groups in total. The summed E-state index contributed by atoms with van der Waals surface area (Å²) in [6.07, 6.45) is 5.25. The molecule has 1 saturated heterocycles. The van der Waals surface area contributed by atoms with Crippen molar-refractivity contribution in [2.75, 3.05) is 13.1 Å². The number of nitrogens with zero attached hydrogens (tertiary/aromatic N) is 1. The number of carboxylic acid groups (broad SMARTS) is 1. The molecule has 0 spiro atoms.